The maximum atomic E-state index is 8.74. The van der Waals surface area contributed by atoms with Gasteiger partial charge in [0, 0.05) is 6.61 Å². The van der Waals surface area contributed by atoms with Crippen LogP contribution in [0.25, 0.3) is 0 Å². The van der Waals surface area contributed by atoms with Gasteiger partial charge in [-0.25, -0.2) is 0 Å². The molecule has 1 rings (SSSR count). The quantitative estimate of drug-likeness (QED) is 0.834. The number of rotatable bonds is 3. The second kappa shape index (κ2) is 3.60. The molecule has 4 heteroatoms. The average Bonchev–Trinajstić information content (AvgIpc) is 2.36. The maximum absolute atomic E-state index is 8.74. The van der Waals surface area contributed by atoms with E-state index in [1.165, 1.54) is 0 Å². The fourth-order valence-electron chi connectivity index (χ4n) is 0.977. The first kappa shape index (κ1) is 9.77. The highest BCUT2D eigenvalue weighted by molar-refractivity contribution is 9.10. The Morgan fingerprint density at radius 2 is 2.33 bits per heavy atom. The summed E-state index contributed by atoms with van der Waals surface area (Å²) in [6.07, 6.45) is 0.493. The minimum atomic E-state index is -0.583. The predicted octanol–water partition coefficient (Wildman–Crippen LogP) is 1.60. The molecule has 1 unspecified atom stereocenters. The number of aliphatic hydroxyl groups excluding tert-OH is 1. The Hall–Kier alpha value is -0.320. The first-order valence-corrected chi connectivity index (χ1v) is 4.51. The van der Waals surface area contributed by atoms with Crippen LogP contribution in [-0.2, 0) is 5.54 Å². The lowest BCUT2D eigenvalue weighted by atomic mass is 9.97. The number of hydrogen-bond donors (Lipinski definition) is 2. The van der Waals surface area contributed by atoms with E-state index in [2.05, 4.69) is 15.9 Å². The molecule has 0 saturated heterocycles. The van der Waals surface area contributed by atoms with Crippen LogP contribution in [0.2, 0.25) is 0 Å². The zero-order chi connectivity index (χ0) is 9.19. The summed E-state index contributed by atoms with van der Waals surface area (Å²) >= 11 is 3.19. The van der Waals surface area contributed by atoms with E-state index in [4.69, 9.17) is 15.3 Å². The van der Waals surface area contributed by atoms with Crippen molar-refractivity contribution in [1.82, 2.24) is 0 Å². The summed E-state index contributed by atoms with van der Waals surface area (Å²) in [4.78, 5) is 0. The highest BCUT2D eigenvalue weighted by Gasteiger charge is 2.23. The van der Waals surface area contributed by atoms with E-state index in [0.717, 1.165) is 0 Å². The Morgan fingerprint density at radius 1 is 1.67 bits per heavy atom. The number of hydrogen-bond acceptors (Lipinski definition) is 3. The Bertz CT molecular complexity index is 257. The van der Waals surface area contributed by atoms with Crippen LogP contribution < -0.4 is 5.73 Å². The van der Waals surface area contributed by atoms with Gasteiger partial charge in [-0.3, -0.25) is 0 Å². The van der Waals surface area contributed by atoms with Crippen molar-refractivity contribution in [2.75, 3.05) is 6.61 Å². The molecule has 3 nitrogen and oxygen atoms in total. The lowest BCUT2D eigenvalue weighted by Gasteiger charge is -2.20. The number of furan rings is 1. The summed E-state index contributed by atoms with van der Waals surface area (Å²) < 4.78 is 5.94. The molecule has 0 aliphatic rings. The van der Waals surface area contributed by atoms with Gasteiger partial charge >= 0.3 is 0 Å². The molecule has 0 amide bonds. The van der Waals surface area contributed by atoms with Crippen LogP contribution in [-0.4, -0.2) is 11.7 Å². The van der Waals surface area contributed by atoms with Gasteiger partial charge in [-0.15, -0.1) is 0 Å². The molecule has 0 saturated carbocycles. The zero-order valence-electron chi connectivity index (χ0n) is 6.88. The van der Waals surface area contributed by atoms with E-state index in [9.17, 15) is 0 Å². The van der Waals surface area contributed by atoms with Crippen molar-refractivity contribution in [3.63, 3.8) is 0 Å². The Labute approximate surface area is 79.7 Å². The molecule has 1 aromatic heterocycles. The third kappa shape index (κ3) is 2.09. The van der Waals surface area contributed by atoms with E-state index >= 15 is 0 Å². The minimum Gasteiger partial charge on any atom is -0.452 e. The SMILES string of the molecule is CC(N)(CCO)c1ccc(Br)o1. The molecule has 68 valence electrons. The minimum absolute atomic E-state index is 0.0608. The maximum Gasteiger partial charge on any atom is 0.169 e. The molecule has 1 heterocycles. The van der Waals surface area contributed by atoms with Gasteiger partial charge in [0.2, 0.25) is 0 Å². The number of nitrogens with two attached hydrogens (primary N) is 1. The molecule has 12 heavy (non-hydrogen) atoms. The van der Waals surface area contributed by atoms with Crippen molar-refractivity contribution in [3.05, 3.63) is 22.6 Å². The number of aliphatic hydroxyl groups is 1. The van der Waals surface area contributed by atoms with E-state index in [1.807, 2.05) is 6.92 Å². The molecule has 1 atom stereocenters. The van der Waals surface area contributed by atoms with Crippen molar-refractivity contribution in [2.24, 2.45) is 5.73 Å². The van der Waals surface area contributed by atoms with Crippen LogP contribution >= 0.6 is 15.9 Å². The van der Waals surface area contributed by atoms with Crippen LogP contribution in [0.3, 0.4) is 0 Å². The van der Waals surface area contributed by atoms with Gasteiger partial charge in [0.1, 0.15) is 5.76 Å². The molecule has 0 radical (unpaired) electrons. The van der Waals surface area contributed by atoms with Crippen LogP contribution in [0.5, 0.6) is 0 Å². The second-order valence-corrected chi connectivity index (χ2v) is 3.78. The van der Waals surface area contributed by atoms with Gasteiger partial charge in [-0.2, -0.15) is 0 Å². The monoisotopic (exact) mass is 233 g/mol. The first-order chi connectivity index (χ1) is 5.56. The van der Waals surface area contributed by atoms with Crippen LogP contribution in [0.4, 0.5) is 0 Å². The van der Waals surface area contributed by atoms with Crippen molar-refractivity contribution >= 4 is 15.9 Å². The first-order valence-electron chi connectivity index (χ1n) is 3.72. The fraction of sp³-hybridized carbons (Fsp3) is 0.500. The second-order valence-electron chi connectivity index (χ2n) is 2.99. The number of halogens is 1. The van der Waals surface area contributed by atoms with Gasteiger partial charge in [0.05, 0.1) is 5.54 Å². The van der Waals surface area contributed by atoms with Gasteiger partial charge < -0.3 is 15.3 Å². The molecule has 0 bridgehead atoms. The molecule has 0 aliphatic carbocycles. The van der Waals surface area contributed by atoms with E-state index < -0.39 is 5.54 Å². The Balaban J connectivity index is 2.81. The van der Waals surface area contributed by atoms with E-state index in [1.54, 1.807) is 12.1 Å². The van der Waals surface area contributed by atoms with Crippen molar-refractivity contribution in [1.29, 1.82) is 0 Å². The largest absolute Gasteiger partial charge is 0.452 e. The van der Waals surface area contributed by atoms with Crippen molar-refractivity contribution in [2.45, 2.75) is 18.9 Å². The Morgan fingerprint density at radius 3 is 2.75 bits per heavy atom. The van der Waals surface area contributed by atoms with E-state index in [-0.39, 0.29) is 6.61 Å². The van der Waals surface area contributed by atoms with Crippen LogP contribution in [0.15, 0.2) is 21.2 Å². The molecule has 3 N–H and O–H groups in total. The smallest absolute Gasteiger partial charge is 0.169 e. The highest BCUT2D eigenvalue weighted by Crippen LogP contribution is 2.25. The van der Waals surface area contributed by atoms with Gasteiger partial charge in [-0.1, -0.05) is 0 Å². The topological polar surface area (TPSA) is 59.4 Å². The van der Waals surface area contributed by atoms with Crippen molar-refractivity contribution in [3.8, 4) is 0 Å². The van der Waals surface area contributed by atoms with Crippen LogP contribution in [0.1, 0.15) is 19.1 Å². The summed E-state index contributed by atoms with van der Waals surface area (Å²) in [5.41, 5.74) is 5.30. The lowest BCUT2D eigenvalue weighted by Crippen LogP contribution is -2.33. The lowest BCUT2D eigenvalue weighted by molar-refractivity contribution is 0.229. The zero-order valence-corrected chi connectivity index (χ0v) is 8.47. The van der Waals surface area contributed by atoms with Gasteiger partial charge in [0.15, 0.2) is 4.67 Å². The van der Waals surface area contributed by atoms with Crippen LogP contribution in [0, 0.1) is 0 Å². The molecular weight excluding hydrogens is 222 g/mol. The molecule has 0 aromatic carbocycles. The molecule has 0 aliphatic heterocycles. The van der Waals surface area contributed by atoms with E-state index in [0.29, 0.717) is 16.9 Å². The summed E-state index contributed by atoms with van der Waals surface area (Å²) in [6.45, 7) is 1.89. The van der Waals surface area contributed by atoms with Crippen molar-refractivity contribution < 1.29 is 9.52 Å². The third-order valence-electron chi connectivity index (χ3n) is 1.77. The van der Waals surface area contributed by atoms with Gasteiger partial charge in [0.25, 0.3) is 0 Å². The fourth-order valence-corrected chi connectivity index (χ4v) is 1.28. The highest BCUT2D eigenvalue weighted by atomic mass is 79.9. The summed E-state index contributed by atoms with van der Waals surface area (Å²) in [5, 5.41) is 8.74. The summed E-state index contributed by atoms with van der Waals surface area (Å²) in [6, 6.07) is 3.59. The summed E-state index contributed by atoms with van der Waals surface area (Å²) in [5.74, 6) is 0.684. The molecule has 0 fully saturated rings. The predicted molar refractivity (Wildman–Crippen MR) is 49.7 cm³/mol. The Kier molecular flexibility index (Phi) is 2.93. The van der Waals surface area contributed by atoms with Gasteiger partial charge in [-0.05, 0) is 41.4 Å². The normalized spacial score (nSPS) is 16.0. The third-order valence-corrected chi connectivity index (χ3v) is 2.19. The summed E-state index contributed by atoms with van der Waals surface area (Å²) in [7, 11) is 0. The average molecular weight is 234 g/mol. The molecule has 0 spiro atoms. The molecular formula is C8H12BrNO2. The standard InChI is InChI=1S/C8H12BrNO2/c1-8(10,4-5-11)6-2-3-7(9)12-6/h2-3,11H,4-5,10H2,1H3. The molecule has 1 aromatic rings.